The topological polar surface area (TPSA) is 71.3 Å². The van der Waals surface area contributed by atoms with E-state index in [1.54, 1.807) is 24.5 Å². The molecule has 1 aliphatic carbocycles. The smallest absolute Gasteiger partial charge is 0.228 e. The number of halogens is 1. The fourth-order valence-corrected chi connectivity index (χ4v) is 2.59. The molecule has 6 heteroatoms. The molecule has 0 saturated heterocycles. The number of carbonyl (C=O) groups excluding carboxylic acids is 2. The highest BCUT2D eigenvalue weighted by Gasteiger charge is 2.45. The van der Waals surface area contributed by atoms with Crippen LogP contribution in [0.4, 0.5) is 11.4 Å². The Morgan fingerprint density at radius 3 is 2.77 bits per heavy atom. The normalized spacial score (nSPS) is 19.5. The average Bonchev–Trinajstić information content (AvgIpc) is 3.08. The monoisotopic (exact) mass is 318 g/mol. The van der Waals surface area contributed by atoms with Crippen LogP contribution < -0.4 is 10.6 Å². The van der Waals surface area contributed by atoms with Gasteiger partial charge in [-0.1, -0.05) is 11.6 Å². The van der Waals surface area contributed by atoms with Crippen LogP contribution in [0.5, 0.6) is 0 Å². The van der Waals surface area contributed by atoms with E-state index in [1.807, 2.05) is 12.1 Å². The van der Waals surface area contributed by atoms with Crippen LogP contribution in [0.2, 0.25) is 5.02 Å². The van der Waals surface area contributed by atoms with E-state index in [0.29, 0.717) is 16.4 Å². The fourth-order valence-electron chi connectivity index (χ4n) is 2.43. The van der Waals surface area contributed by atoms with Crippen molar-refractivity contribution in [2.75, 3.05) is 10.6 Å². The predicted octanol–water partition coefficient (Wildman–Crippen LogP) is 3.63. The lowest BCUT2D eigenvalue weighted by atomic mass is 10.2. The summed E-state index contributed by atoms with van der Waals surface area (Å²) in [5.41, 5.74) is 1.08. The van der Waals surface area contributed by atoms with Gasteiger partial charge in [0.15, 0.2) is 0 Å². The van der Waals surface area contributed by atoms with Crippen LogP contribution in [0.1, 0.15) is 25.0 Å². The second-order valence-corrected chi connectivity index (χ2v) is 5.74. The first-order chi connectivity index (χ1) is 10.5. The molecule has 2 N–H and O–H groups in total. The van der Waals surface area contributed by atoms with Crippen LogP contribution in [0.15, 0.2) is 41.0 Å². The summed E-state index contributed by atoms with van der Waals surface area (Å²) in [5, 5.41) is 5.90. The summed E-state index contributed by atoms with van der Waals surface area (Å²) in [6.07, 6.45) is 2.37. The summed E-state index contributed by atoms with van der Waals surface area (Å²) < 4.78 is 5.32. The number of rotatable bonds is 4. The Morgan fingerprint density at radius 1 is 1.27 bits per heavy atom. The molecule has 0 spiro atoms. The molecule has 5 nitrogen and oxygen atoms in total. The van der Waals surface area contributed by atoms with Crippen LogP contribution in [-0.4, -0.2) is 11.8 Å². The number of amides is 2. The summed E-state index contributed by atoms with van der Waals surface area (Å²) in [6.45, 7) is 1.42. The number of nitrogens with one attached hydrogen (secondary N) is 2. The van der Waals surface area contributed by atoms with E-state index in [2.05, 4.69) is 10.6 Å². The first-order valence-electron chi connectivity index (χ1n) is 6.96. The number of carbonyl (C=O) groups is 2. The van der Waals surface area contributed by atoms with E-state index >= 15 is 0 Å². The largest absolute Gasteiger partial charge is 0.469 e. The molecule has 2 aromatic rings. The minimum absolute atomic E-state index is 0.0942. The number of anilines is 2. The highest BCUT2D eigenvalue weighted by molar-refractivity contribution is 6.34. The van der Waals surface area contributed by atoms with Gasteiger partial charge < -0.3 is 15.1 Å². The molecule has 1 fully saturated rings. The van der Waals surface area contributed by atoms with Crippen molar-refractivity contribution in [3.63, 3.8) is 0 Å². The van der Waals surface area contributed by atoms with Crippen molar-refractivity contribution in [1.29, 1.82) is 0 Å². The van der Waals surface area contributed by atoms with Gasteiger partial charge in [-0.3, -0.25) is 9.59 Å². The number of furan rings is 1. The molecule has 2 atom stereocenters. The maximum absolute atomic E-state index is 12.3. The molecular formula is C16H15ClN2O3. The van der Waals surface area contributed by atoms with Crippen molar-refractivity contribution >= 4 is 34.8 Å². The minimum atomic E-state index is -0.181. The van der Waals surface area contributed by atoms with Crippen molar-refractivity contribution in [2.45, 2.75) is 19.3 Å². The lowest BCUT2D eigenvalue weighted by molar-refractivity contribution is -0.117. The second-order valence-electron chi connectivity index (χ2n) is 5.33. The summed E-state index contributed by atoms with van der Waals surface area (Å²) in [4.78, 5) is 23.3. The zero-order valence-corrected chi connectivity index (χ0v) is 12.7. The average molecular weight is 319 g/mol. The standard InChI is InChI=1S/C16H15ClN2O3/c1-9(20)18-10-4-5-13(17)14(7-10)19-16(21)12-8-11(12)15-3-2-6-22-15/h2-7,11-12H,8H2,1H3,(H,18,20)(H,19,21)/t11-,12+/m1/s1. The molecule has 1 aromatic heterocycles. The van der Waals surface area contributed by atoms with E-state index < -0.39 is 0 Å². The molecule has 1 aromatic carbocycles. The minimum Gasteiger partial charge on any atom is -0.469 e. The zero-order valence-electron chi connectivity index (χ0n) is 11.9. The third kappa shape index (κ3) is 3.14. The maximum atomic E-state index is 12.3. The van der Waals surface area contributed by atoms with Crippen molar-refractivity contribution in [3.05, 3.63) is 47.4 Å². The van der Waals surface area contributed by atoms with Gasteiger partial charge in [0.05, 0.1) is 17.0 Å². The molecular weight excluding hydrogens is 304 g/mol. The second kappa shape index (κ2) is 5.85. The SMILES string of the molecule is CC(=O)Nc1ccc(Cl)c(NC(=O)[C@H]2C[C@H]2c2ccco2)c1. The first kappa shape index (κ1) is 14.7. The van der Waals surface area contributed by atoms with Gasteiger partial charge in [-0.25, -0.2) is 0 Å². The van der Waals surface area contributed by atoms with Crippen molar-refractivity contribution < 1.29 is 14.0 Å². The van der Waals surface area contributed by atoms with Gasteiger partial charge in [-0.15, -0.1) is 0 Å². The number of hydrogen-bond donors (Lipinski definition) is 2. The lowest BCUT2D eigenvalue weighted by Crippen LogP contribution is -2.15. The molecule has 0 bridgehead atoms. The molecule has 0 radical (unpaired) electrons. The summed E-state index contributed by atoms with van der Waals surface area (Å²) in [7, 11) is 0. The Balaban J connectivity index is 1.68. The van der Waals surface area contributed by atoms with Gasteiger partial charge in [0.25, 0.3) is 0 Å². The Hall–Kier alpha value is -2.27. The third-order valence-electron chi connectivity index (χ3n) is 3.58. The Kier molecular flexibility index (Phi) is 3.90. The molecule has 1 aliphatic rings. The van der Waals surface area contributed by atoms with E-state index in [1.165, 1.54) is 6.92 Å². The van der Waals surface area contributed by atoms with E-state index in [0.717, 1.165) is 12.2 Å². The molecule has 1 heterocycles. The van der Waals surface area contributed by atoms with Gasteiger partial charge in [0.2, 0.25) is 11.8 Å². The highest BCUT2D eigenvalue weighted by atomic mass is 35.5. The van der Waals surface area contributed by atoms with Gasteiger partial charge in [-0.2, -0.15) is 0 Å². The molecule has 3 rings (SSSR count). The van der Waals surface area contributed by atoms with Gasteiger partial charge in [0, 0.05) is 24.4 Å². The van der Waals surface area contributed by atoms with Crippen LogP contribution in [0, 0.1) is 5.92 Å². The third-order valence-corrected chi connectivity index (χ3v) is 3.91. The van der Waals surface area contributed by atoms with Crippen LogP contribution in [0.3, 0.4) is 0 Å². The van der Waals surface area contributed by atoms with Crippen LogP contribution >= 0.6 is 11.6 Å². The van der Waals surface area contributed by atoms with Crippen molar-refractivity contribution in [2.24, 2.45) is 5.92 Å². The Morgan fingerprint density at radius 2 is 2.09 bits per heavy atom. The molecule has 2 amide bonds. The zero-order chi connectivity index (χ0) is 15.7. The van der Waals surface area contributed by atoms with Crippen LogP contribution in [-0.2, 0) is 9.59 Å². The van der Waals surface area contributed by atoms with E-state index in [-0.39, 0.29) is 23.7 Å². The Bertz CT molecular complexity index is 712. The van der Waals surface area contributed by atoms with E-state index in [9.17, 15) is 9.59 Å². The molecule has 0 unspecified atom stereocenters. The Labute approximate surface area is 132 Å². The van der Waals surface area contributed by atoms with Gasteiger partial charge >= 0.3 is 0 Å². The summed E-state index contributed by atoms with van der Waals surface area (Å²) >= 11 is 6.09. The fraction of sp³-hybridized carbons (Fsp3) is 0.250. The summed E-state index contributed by atoms with van der Waals surface area (Å²) in [6, 6.07) is 8.66. The van der Waals surface area contributed by atoms with Crippen molar-refractivity contribution in [1.82, 2.24) is 0 Å². The highest BCUT2D eigenvalue weighted by Crippen LogP contribution is 2.48. The van der Waals surface area contributed by atoms with Crippen LogP contribution in [0.25, 0.3) is 0 Å². The first-order valence-corrected chi connectivity index (χ1v) is 7.34. The predicted molar refractivity (Wildman–Crippen MR) is 83.9 cm³/mol. The molecule has 114 valence electrons. The number of hydrogen-bond acceptors (Lipinski definition) is 3. The quantitative estimate of drug-likeness (QED) is 0.904. The number of benzene rings is 1. The molecule has 22 heavy (non-hydrogen) atoms. The molecule has 1 saturated carbocycles. The van der Waals surface area contributed by atoms with E-state index in [4.69, 9.17) is 16.0 Å². The lowest BCUT2D eigenvalue weighted by Gasteiger charge is -2.09. The van der Waals surface area contributed by atoms with Gasteiger partial charge in [-0.05, 0) is 36.8 Å². The van der Waals surface area contributed by atoms with Gasteiger partial charge in [0.1, 0.15) is 5.76 Å². The summed E-state index contributed by atoms with van der Waals surface area (Å²) in [5.74, 6) is 0.583. The van der Waals surface area contributed by atoms with Crippen molar-refractivity contribution in [3.8, 4) is 0 Å². The maximum Gasteiger partial charge on any atom is 0.228 e. The molecule has 0 aliphatic heterocycles.